The van der Waals surface area contributed by atoms with Crippen LogP contribution in [0.2, 0.25) is 0 Å². The third-order valence-corrected chi connectivity index (χ3v) is 4.01. The molecule has 1 aliphatic rings. The maximum atomic E-state index is 11.9. The summed E-state index contributed by atoms with van der Waals surface area (Å²) in [4.78, 5) is 23.5. The maximum Gasteiger partial charge on any atom is 0.410 e. The van der Waals surface area contributed by atoms with Crippen LogP contribution in [-0.4, -0.2) is 24.9 Å². The van der Waals surface area contributed by atoms with Gasteiger partial charge in [-0.25, -0.2) is 4.79 Å². The third-order valence-electron chi connectivity index (χ3n) is 4.01. The molecule has 1 atom stereocenters. The average molecular weight is 313 g/mol. The Morgan fingerprint density at radius 2 is 1.82 bits per heavy atom. The summed E-state index contributed by atoms with van der Waals surface area (Å²) in [6.45, 7) is 6.40. The van der Waals surface area contributed by atoms with Gasteiger partial charge >= 0.3 is 12.1 Å². The zero-order valence-corrected chi connectivity index (χ0v) is 14.2. The van der Waals surface area contributed by atoms with E-state index < -0.39 is 12.4 Å². The Labute approximate surface area is 134 Å². The number of rotatable bonds is 8. The Bertz CT molecular complexity index is 338. The van der Waals surface area contributed by atoms with Gasteiger partial charge < -0.3 is 14.8 Å². The molecule has 128 valence electrons. The standard InChI is InChI=1S/C17H31NO4/c1-4-5-11-15(19)21-16(13(2)3)22-17(20)18-12-14-9-7-6-8-10-14/h13-14,16H,4-12H2,1-3H3,(H,18,20). The summed E-state index contributed by atoms with van der Waals surface area (Å²) in [5.41, 5.74) is 0. The number of carbonyl (C=O) groups is 2. The minimum atomic E-state index is -0.810. The lowest BCUT2D eigenvalue weighted by molar-refractivity contribution is -0.175. The van der Waals surface area contributed by atoms with Crippen LogP contribution in [0.4, 0.5) is 4.79 Å². The molecule has 0 aromatic rings. The fourth-order valence-corrected chi connectivity index (χ4v) is 2.57. The topological polar surface area (TPSA) is 64.6 Å². The Morgan fingerprint density at radius 1 is 1.14 bits per heavy atom. The van der Waals surface area contributed by atoms with Gasteiger partial charge in [-0.3, -0.25) is 4.79 Å². The number of alkyl carbamates (subject to hydrolysis) is 1. The van der Waals surface area contributed by atoms with Crippen molar-refractivity contribution in [3.8, 4) is 0 Å². The van der Waals surface area contributed by atoms with Crippen molar-refractivity contribution in [2.45, 2.75) is 78.4 Å². The predicted molar refractivity (Wildman–Crippen MR) is 85.3 cm³/mol. The second-order valence-electron chi connectivity index (χ2n) is 6.50. The van der Waals surface area contributed by atoms with Gasteiger partial charge in [-0.05, 0) is 25.2 Å². The zero-order valence-electron chi connectivity index (χ0n) is 14.2. The molecule has 0 radical (unpaired) electrons. The van der Waals surface area contributed by atoms with Crippen molar-refractivity contribution in [1.82, 2.24) is 5.32 Å². The first-order chi connectivity index (χ1) is 10.5. The molecular formula is C17H31NO4. The van der Waals surface area contributed by atoms with Crippen molar-refractivity contribution in [2.75, 3.05) is 6.54 Å². The quantitative estimate of drug-likeness (QED) is 0.543. The lowest BCUT2D eigenvalue weighted by Gasteiger charge is -2.24. The van der Waals surface area contributed by atoms with Gasteiger partial charge in [-0.15, -0.1) is 0 Å². The van der Waals surface area contributed by atoms with Crippen LogP contribution in [0.15, 0.2) is 0 Å². The molecule has 0 saturated heterocycles. The molecule has 0 aromatic heterocycles. The van der Waals surface area contributed by atoms with Crippen molar-refractivity contribution in [3.05, 3.63) is 0 Å². The molecule has 1 amide bonds. The third kappa shape index (κ3) is 7.66. The van der Waals surface area contributed by atoms with E-state index in [2.05, 4.69) is 5.32 Å². The fraction of sp³-hybridized carbons (Fsp3) is 0.882. The second kappa shape index (κ2) is 10.5. The Balaban J connectivity index is 2.31. The van der Waals surface area contributed by atoms with E-state index >= 15 is 0 Å². The first-order valence-corrected chi connectivity index (χ1v) is 8.66. The molecule has 1 rings (SSSR count). The number of unbranched alkanes of at least 4 members (excludes halogenated alkanes) is 1. The number of nitrogens with one attached hydrogen (secondary N) is 1. The van der Waals surface area contributed by atoms with E-state index in [0.29, 0.717) is 18.9 Å². The molecule has 5 heteroatoms. The molecule has 0 bridgehead atoms. The Hall–Kier alpha value is -1.26. The van der Waals surface area contributed by atoms with Gasteiger partial charge in [-0.1, -0.05) is 46.5 Å². The number of hydrogen-bond acceptors (Lipinski definition) is 4. The number of carbonyl (C=O) groups excluding carboxylic acids is 2. The molecule has 0 heterocycles. The van der Waals surface area contributed by atoms with Crippen molar-refractivity contribution >= 4 is 12.1 Å². The van der Waals surface area contributed by atoms with Crippen LogP contribution in [0.1, 0.15) is 72.1 Å². The highest BCUT2D eigenvalue weighted by Gasteiger charge is 2.23. The van der Waals surface area contributed by atoms with Crippen LogP contribution in [0.5, 0.6) is 0 Å². The van der Waals surface area contributed by atoms with E-state index in [1.165, 1.54) is 32.1 Å². The molecular weight excluding hydrogens is 282 g/mol. The second-order valence-corrected chi connectivity index (χ2v) is 6.50. The number of amides is 1. The molecule has 0 aliphatic heterocycles. The number of hydrogen-bond donors (Lipinski definition) is 1. The van der Waals surface area contributed by atoms with Crippen LogP contribution in [-0.2, 0) is 14.3 Å². The van der Waals surface area contributed by atoms with Crippen molar-refractivity contribution in [1.29, 1.82) is 0 Å². The van der Waals surface area contributed by atoms with E-state index in [-0.39, 0.29) is 11.9 Å². The molecule has 0 spiro atoms. The molecule has 1 unspecified atom stereocenters. The zero-order chi connectivity index (χ0) is 16.4. The summed E-state index contributed by atoms with van der Waals surface area (Å²) >= 11 is 0. The lowest BCUT2D eigenvalue weighted by atomic mass is 9.89. The van der Waals surface area contributed by atoms with E-state index in [1.54, 1.807) is 0 Å². The average Bonchev–Trinajstić information content (AvgIpc) is 2.51. The molecule has 1 aliphatic carbocycles. The molecule has 22 heavy (non-hydrogen) atoms. The highest BCUT2D eigenvalue weighted by atomic mass is 16.7. The van der Waals surface area contributed by atoms with Crippen molar-refractivity contribution in [3.63, 3.8) is 0 Å². The summed E-state index contributed by atoms with van der Waals surface area (Å²) in [6.07, 6.45) is 6.90. The highest BCUT2D eigenvalue weighted by Crippen LogP contribution is 2.22. The first-order valence-electron chi connectivity index (χ1n) is 8.66. The molecule has 0 aromatic carbocycles. The smallest absolute Gasteiger partial charge is 0.410 e. The SMILES string of the molecule is CCCCC(=O)OC(OC(=O)NCC1CCCCC1)C(C)C. The minimum Gasteiger partial charge on any atom is -0.425 e. The Morgan fingerprint density at radius 3 is 2.41 bits per heavy atom. The number of esters is 1. The van der Waals surface area contributed by atoms with Crippen LogP contribution >= 0.6 is 0 Å². The van der Waals surface area contributed by atoms with E-state index in [0.717, 1.165) is 12.8 Å². The lowest BCUT2D eigenvalue weighted by Crippen LogP contribution is -2.36. The summed E-state index contributed by atoms with van der Waals surface area (Å²) in [5, 5.41) is 2.80. The van der Waals surface area contributed by atoms with Gasteiger partial charge in [0.1, 0.15) is 0 Å². The van der Waals surface area contributed by atoms with Gasteiger partial charge in [-0.2, -0.15) is 0 Å². The van der Waals surface area contributed by atoms with Gasteiger partial charge in [0.15, 0.2) is 0 Å². The number of ether oxygens (including phenoxy) is 2. The van der Waals surface area contributed by atoms with E-state index in [1.807, 2.05) is 20.8 Å². The fourth-order valence-electron chi connectivity index (χ4n) is 2.57. The van der Waals surface area contributed by atoms with E-state index in [9.17, 15) is 9.59 Å². The summed E-state index contributed by atoms with van der Waals surface area (Å²) < 4.78 is 10.5. The summed E-state index contributed by atoms with van der Waals surface area (Å²) in [5.74, 6) is 0.178. The monoisotopic (exact) mass is 313 g/mol. The molecule has 1 saturated carbocycles. The van der Waals surface area contributed by atoms with Gasteiger partial charge in [0, 0.05) is 18.9 Å². The van der Waals surface area contributed by atoms with Crippen LogP contribution in [0.25, 0.3) is 0 Å². The molecule has 1 fully saturated rings. The summed E-state index contributed by atoms with van der Waals surface area (Å²) in [7, 11) is 0. The first kappa shape index (κ1) is 18.8. The largest absolute Gasteiger partial charge is 0.425 e. The highest BCUT2D eigenvalue weighted by molar-refractivity contribution is 5.70. The van der Waals surface area contributed by atoms with Crippen molar-refractivity contribution in [2.24, 2.45) is 11.8 Å². The normalized spacial score (nSPS) is 17.1. The van der Waals surface area contributed by atoms with Crippen molar-refractivity contribution < 1.29 is 19.1 Å². The van der Waals surface area contributed by atoms with Crippen LogP contribution < -0.4 is 5.32 Å². The van der Waals surface area contributed by atoms with E-state index in [4.69, 9.17) is 9.47 Å². The molecule has 1 N–H and O–H groups in total. The predicted octanol–water partition coefficient (Wildman–Crippen LogP) is 4.01. The molecule has 5 nitrogen and oxygen atoms in total. The Kier molecular flexibility index (Phi) is 8.94. The summed E-state index contributed by atoms with van der Waals surface area (Å²) in [6, 6.07) is 0. The van der Waals surface area contributed by atoms with Crippen LogP contribution in [0.3, 0.4) is 0 Å². The van der Waals surface area contributed by atoms with Gasteiger partial charge in [0.05, 0.1) is 0 Å². The minimum absolute atomic E-state index is 0.0639. The van der Waals surface area contributed by atoms with Gasteiger partial charge in [0.25, 0.3) is 6.29 Å². The van der Waals surface area contributed by atoms with Crippen LogP contribution in [0, 0.1) is 11.8 Å². The van der Waals surface area contributed by atoms with Gasteiger partial charge in [0.2, 0.25) is 0 Å². The maximum absolute atomic E-state index is 11.9.